The molecule has 0 radical (unpaired) electrons. The van der Waals surface area contributed by atoms with Crippen LogP contribution in [0.1, 0.15) is 38.1 Å². The zero-order valence-corrected chi connectivity index (χ0v) is 14.1. The summed E-state index contributed by atoms with van der Waals surface area (Å²) in [6, 6.07) is 8.27. The molecule has 21 heavy (non-hydrogen) atoms. The van der Waals surface area contributed by atoms with Gasteiger partial charge in [0.25, 0.3) is 5.91 Å². The van der Waals surface area contributed by atoms with Crippen LogP contribution in [0.25, 0.3) is 0 Å². The van der Waals surface area contributed by atoms with E-state index in [2.05, 4.69) is 43.2 Å². The highest BCUT2D eigenvalue weighted by molar-refractivity contribution is 5.99. The van der Waals surface area contributed by atoms with Crippen LogP contribution in [0.3, 0.4) is 0 Å². The molecule has 118 valence electrons. The minimum atomic E-state index is -0.0220. The Labute approximate surface area is 128 Å². The molecule has 0 heterocycles. The molecular weight excluding hydrogens is 262 g/mol. The number of anilines is 1. The number of rotatable bonds is 7. The van der Waals surface area contributed by atoms with Gasteiger partial charge in [0.2, 0.25) is 0 Å². The van der Waals surface area contributed by atoms with Gasteiger partial charge in [0, 0.05) is 24.3 Å². The van der Waals surface area contributed by atoms with Crippen LogP contribution in [0.2, 0.25) is 0 Å². The Bertz CT molecular complexity index is 447. The van der Waals surface area contributed by atoms with E-state index in [1.807, 2.05) is 38.4 Å². The van der Waals surface area contributed by atoms with Crippen LogP contribution >= 0.6 is 0 Å². The quantitative estimate of drug-likeness (QED) is 0.812. The highest BCUT2D eigenvalue weighted by atomic mass is 16.1. The van der Waals surface area contributed by atoms with Crippen LogP contribution < -0.4 is 10.6 Å². The summed E-state index contributed by atoms with van der Waals surface area (Å²) in [6.07, 6.45) is 0. The van der Waals surface area contributed by atoms with Crippen molar-refractivity contribution < 1.29 is 4.79 Å². The van der Waals surface area contributed by atoms with Gasteiger partial charge in [-0.15, -0.1) is 0 Å². The fourth-order valence-electron chi connectivity index (χ4n) is 2.43. The van der Waals surface area contributed by atoms with E-state index in [1.54, 1.807) is 0 Å². The predicted molar refractivity (Wildman–Crippen MR) is 89.8 cm³/mol. The first kappa shape index (κ1) is 17.5. The lowest BCUT2D eigenvalue weighted by Crippen LogP contribution is -2.43. The van der Waals surface area contributed by atoms with Gasteiger partial charge in [-0.25, -0.2) is 0 Å². The molecule has 1 rings (SSSR count). The zero-order valence-electron chi connectivity index (χ0n) is 14.1. The number of nitrogens with one attached hydrogen (secondary N) is 2. The SMILES string of the molecule is CC(C)Nc1ccccc1C(=O)NCC(C(C)C)N(C)C. The second-order valence-corrected chi connectivity index (χ2v) is 6.33. The summed E-state index contributed by atoms with van der Waals surface area (Å²) in [5, 5.41) is 6.37. The van der Waals surface area contributed by atoms with E-state index >= 15 is 0 Å². The van der Waals surface area contributed by atoms with Gasteiger partial charge in [0.1, 0.15) is 0 Å². The van der Waals surface area contributed by atoms with Gasteiger partial charge < -0.3 is 15.5 Å². The van der Waals surface area contributed by atoms with E-state index < -0.39 is 0 Å². The van der Waals surface area contributed by atoms with Crippen molar-refractivity contribution in [3.8, 4) is 0 Å². The molecule has 1 aromatic rings. The Morgan fingerprint density at radius 2 is 1.76 bits per heavy atom. The molecule has 4 heteroatoms. The summed E-state index contributed by atoms with van der Waals surface area (Å²) in [7, 11) is 4.09. The third-order valence-electron chi connectivity index (χ3n) is 3.52. The largest absolute Gasteiger partial charge is 0.382 e. The third-order valence-corrected chi connectivity index (χ3v) is 3.52. The van der Waals surface area contributed by atoms with E-state index in [0.29, 0.717) is 30.1 Å². The minimum absolute atomic E-state index is 0.0220. The molecule has 0 saturated heterocycles. The number of carbonyl (C=O) groups is 1. The lowest BCUT2D eigenvalue weighted by atomic mass is 10.0. The first-order chi connectivity index (χ1) is 9.82. The van der Waals surface area contributed by atoms with Gasteiger partial charge in [-0.2, -0.15) is 0 Å². The standard InChI is InChI=1S/C17H29N3O/c1-12(2)16(20(5)6)11-18-17(21)14-9-7-8-10-15(14)19-13(3)4/h7-10,12-13,16,19H,11H2,1-6H3,(H,18,21). The summed E-state index contributed by atoms with van der Waals surface area (Å²) >= 11 is 0. The fraction of sp³-hybridized carbons (Fsp3) is 0.588. The lowest BCUT2D eigenvalue weighted by molar-refractivity contribution is 0.0935. The number of nitrogens with zero attached hydrogens (tertiary/aromatic N) is 1. The lowest BCUT2D eigenvalue weighted by Gasteiger charge is -2.28. The number of amides is 1. The zero-order chi connectivity index (χ0) is 16.0. The maximum Gasteiger partial charge on any atom is 0.253 e. The molecule has 1 aromatic carbocycles. The fourth-order valence-corrected chi connectivity index (χ4v) is 2.43. The molecule has 0 spiro atoms. The molecule has 4 nitrogen and oxygen atoms in total. The van der Waals surface area contributed by atoms with Crippen molar-refractivity contribution in [2.45, 2.75) is 39.8 Å². The molecule has 0 aliphatic heterocycles. The molecule has 1 amide bonds. The van der Waals surface area contributed by atoms with Crippen LogP contribution in [-0.4, -0.2) is 43.5 Å². The Morgan fingerprint density at radius 1 is 1.14 bits per heavy atom. The molecule has 2 N–H and O–H groups in total. The minimum Gasteiger partial charge on any atom is -0.382 e. The van der Waals surface area contributed by atoms with Crippen LogP contribution in [0.5, 0.6) is 0 Å². The third kappa shape index (κ3) is 5.38. The van der Waals surface area contributed by atoms with Crippen LogP contribution in [-0.2, 0) is 0 Å². The Kier molecular flexibility index (Phi) is 6.69. The maximum atomic E-state index is 12.4. The van der Waals surface area contributed by atoms with E-state index in [0.717, 1.165) is 5.69 Å². The van der Waals surface area contributed by atoms with Crippen molar-refractivity contribution in [2.75, 3.05) is 26.0 Å². The van der Waals surface area contributed by atoms with Gasteiger partial charge in [0.15, 0.2) is 0 Å². The second-order valence-electron chi connectivity index (χ2n) is 6.33. The van der Waals surface area contributed by atoms with Crippen molar-refractivity contribution >= 4 is 11.6 Å². The first-order valence-corrected chi connectivity index (χ1v) is 7.63. The summed E-state index contributed by atoms with van der Waals surface area (Å²) < 4.78 is 0. The van der Waals surface area contributed by atoms with E-state index in [4.69, 9.17) is 0 Å². The van der Waals surface area contributed by atoms with E-state index in [1.165, 1.54) is 0 Å². The van der Waals surface area contributed by atoms with Crippen LogP contribution in [0.4, 0.5) is 5.69 Å². The number of carbonyl (C=O) groups excluding carboxylic acids is 1. The highest BCUT2D eigenvalue weighted by Gasteiger charge is 2.18. The van der Waals surface area contributed by atoms with Crippen molar-refractivity contribution in [1.82, 2.24) is 10.2 Å². The number of likely N-dealkylation sites (N-methyl/N-ethyl adjacent to an activating group) is 1. The average molecular weight is 291 g/mol. The van der Waals surface area contributed by atoms with Gasteiger partial charge in [-0.05, 0) is 46.0 Å². The van der Waals surface area contributed by atoms with Gasteiger partial charge in [-0.1, -0.05) is 26.0 Å². The Hall–Kier alpha value is -1.55. The van der Waals surface area contributed by atoms with Gasteiger partial charge >= 0.3 is 0 Å². The topological polar surface area (TPSA) is 44.4 Å². The first-order valence-electron chi connectivity index (χ1n) is 7.63. The molecule has 0 aliphatic carbocycles. The second kappa shape index (κ2) is 8.03. The number of hydrogen-bond donors (Lipinski definition) is 2. The monoisotopic (exact) mass is 291 g/mol. The van der Waals surface area contributed by atoms with Crippen molar-refractivity contribution in [2.24, 2.45) is 5.92 Å². The molecule has 1 atom stereocenters. The Morgan fingerprint density at radius 3 is 2.29 bits per heavy atom. The van der Waals surface area contributed by atoms with E-state index in [9.17, 15) is 4.79 Å². The summed E-state index contributed by atoms with van der Waals surface area (Å²) in [5.41, 5.74) is 1.59. The van der Waals surface area contributed by atoms with E-state index in [-0.39, 0.29) is 5.91 Å². The van der Waals surface area contributed by atoms with Gasteiger partial charge in [0.05, 0.1) is 5.56 Å². The maximum absolute atomic E-state index is 12.4. The summed E-state index contributed by atoms with van der Waals surface area (Å²) in [6.45, 7) is 9.13. The highest BCUT2D eigenvalue weighted by Crippen LogP contribution is 2.16. The van der Waals surface area contributed by atoms with Gasteiger partial charge in [-0.3, -0.25) is 4.79 Å². The smallest absolute Gasteiger partial charge is 0.253 e. The number of para-hydroxylation sites is 1. The average Bonchev–Trinajstić information content (AvgIpc) is 2.37. The van der Waals surface area contributed by atoms with Crippen molar-refractivity contribution in [3.05, 3.63) is 29.8 Å². The molecule has 0 aliphatic rings. The molecule has 0 saturated carbocycles. The van der Waals surface area contributed by atoms with Crippen molar-refractivity contribution in [1.29, 1.82) is 0 Å². The normalized spacial score (nSPS) is 12.8. The molecule has 0 bridgehead atoms. The molecule has 0 fully saturated rings. The van der Waals surface area contributed by atoms with Crippen LogP contribution in [0.15, 0.2) is 24.3 Å². The summed E-state index contributed by atoms with van der Waals surface area (Å²) in [4.78, 5) is 14.6. The number of hydrogen-bond acceptors (Lipinski definition) is 3. The Balaban J connectivity index is 2.76. The number of benzene rings is 1. The summed E-state index contributed by atoms with van der Waals surface area (Å²) in [5.74, 6) is 0.468. The van der Waals surface area contributed by atoms with Crippen LogP contribution in [0, 0.1) is 5.92 Å². The molecule has 0 aromatic heterocycles. The van der Waals surface area contributed by atoms with Crippen molar-refractivity contribution in [3.63, 3.8) is 0 Å². The molecular formula is C17H29N3O. The predicted octanol–water partition coefficient (Wildman–Crippen LogP) is 2.82. The molecule has 1 unspecified atom stereocenters.